The lowest BCUT2D eigenvalue weighted by molar-refractivity contribution is -0.128. The van der Waals surface area contributed by atoms with Gasteiger partial charge in [0.05, 0.1) is 10.8 Å². The smallest absolute Gasteiger partial charge is 0.232 e. The minimum atomic E-state index is 0.162. The van der Waals surface area contributed by atoms with Gasteiger partial charge in [0.25, 0.3) is 0 Å². The largest absolute Gasteiger partial charge is 0.341 e. The van der Waals surface area contributed by atoms with E-state index in [-0.39, 0.29) is 5.91 Å². The number of rotatable bonds is 5. The minimum absolute atomic E-state index is 0.162. The molecule has 2 aromatic rings. The normalized spacial score (nSPS) is 15.6. The fraction of sp³-hybridized carbons (Fsp3) is 0.400. The quantitative estimate of drug-likeness (QED) is 0.662. The molecule has 1 aliphatic heterocycles. The van der Waals surface area contributed by atoms with Crippen LogP contribution in [-0.4, -0.2) is 52.6 Å². The highest BCUT2D eigenvalue weighted by Crippen LogP contribution is 2.32. The molecule has 0 saturated carbocycles. The second-order valence-corrected chi connectivity index (χ2v) is 8.52. The summed E-state index contributed by atoms with van der Waals surface area (Å²) >= 11 is 13.8. The lowest BCUT2D eigenvalue weighted by atomic mass is 10.2. The van der Waals surface area contributed by atoms with E-state index < -0.39 is 0 Å². The van der Waals surface area contributed by atoms with E-state index in [1.54, 1.807) is 6.07 Å². The van der Waals surface area contributed by atoms with Gasteiger partial charge < -0.3 is 4.90 Å². The van der Waals surface area contributed by atoms with Crippen molar-refractivity contribution in [1.29, 1.82) is 0 Å². The molecule has 1 aliphatic rings. The van der Waals surface area contributed by atoms with Gasteiger partial charge in [-0.05, 0) is 48.7 Å². The van der Waals surface area contributed by atoms with Crippen LogP contribution in [0.2, 0.25) is 10.0 Å². The van der Waals surface area contributed by atoms with Crippen molar-refractivity contribution < 1.29 is 4.79 Å². The number of pyridine rings is 1. The standard InChI is InChI=1S/C20H23Cl2N3OS/c1-15-11-19(18(22)12-17(15)21)27-14-20(26)25-8-2-7-24(9-10-25)13-16-3-5-23-6-4-16/h3-6,11-12H,2,7-10,13-14H2,1H3. The van der Waals surface area contributed by atoms with E-state index in [2.05, 4.69) is 9.88 Å². The molecule has 1 saturated heterocycles. The topological polar surface area (TPSA) is 36.4 Å². The Morgan fingerprint density at radius 2 is 1.89 bits per heavy atom. The highest BCUT2D eigenvalue weighted by atomic mass is 35.5. The third-order valence-corrected chi connectivity index (χ3v) is 6.53. The first-order chi connectivity index (χ1) is 13.0. The Kier molecular flexibility index (Phi) is 7.41. The van der Waals surface area contributed by atoms with Crippen molar-refractivity contribution in [1.82, 2.24) is 14.8 Å². The van der Waals surface area contributed by atoms with Crippen LogP contribution in [0.5, 0.6) is 0 Å². The summed E-state index contributed by atoms with van der Waals surface area (Å²) in [6.07, 6.45) is 4.63. The number of carbonyl (C=O) groups excluding carboxylic acids is 1. The van der Waals surface area contributed by atoms with Crippen molar-refractivity contribution in [2.24, 2.45) is 0 Å². The van der Waals surface area contributed by atoms with Gasteiger partial charge >= 0.3 is 0 Å². The van der Waals surface area contributed by atoms with E-state index in [9.17, 15) is 4.79 Å². The number of thioether (sulfide) groups is 1. The lowest BCUT2D eigenvalue weighted by Crippen LogP contribution is -2.36. The van der Waals surface area contributed by atoms with Gasteiger partial charge in [-0.25, -0.2) is 0 Å². The Bertz CT molecular complexity index is 788. The van der Waals surface area contributed by atoms with Crippen LogP contribution >= 0.6 is 35.0 Å². The molecule has 1 aromatic carbocycles. The second kappa shape index (κ2) is 9.78. The van der Waals surface area contributed by atoms with E-state index in [1.807, 2.05) is 42.4 Å². The SMILES string of the molecule is Cc1cc(SCC(=O)N2CCCN(Cc3ccncc3)CC2)c(Cl)cc1Cl. The minimum Gasteiger partial charge on any atom is -0.341 e. The third-order valence-electron chi connectivity index (χ3n) is 4.66. The maximum Gasteiger partial charge on any atom is 0.232 e. The molecule has 1 aromatic heterocycles. The number of hydrogen-bond acceptors (Lipinski definition) is 4. The summed E-state index contributed by atoms with van der Waals surface area (Å²) in [5.41, 5.74) is 2.23. The van der Waals surface area contributed by atoms with E-state index in [1.165, 1.54) is 17.3 Å². The highest BCUT2D eigenvalue weighted by Gasteiger charge is 2.19. The van der Waals surface area contributed by atoms with Gasteiger partial charge in [-0.3, -0.25) is 14.7 Å². The number of nitrogens with zero attached hydrogens (tertiary/aromatic N) is 3. The summed E-state index contributed by atoms with van der Waals surface area (Å²) in [7, 11) is 0. The van der Waals surface area contributed by atoms with Crippen molar-refractivity contribution in [3.8, 4) is 0 Å². The van der Waals surface area contributed by atoms with Crippen LogP contribution in [0.15, 0.2) is 41.6 Å². The van der Waals surface area contributed by atoms with E-state index in [0.29, 0.717) is 15.8 Å². The molecular weight excluding hydrogens is 401 g/mol. The van der Waals surface area contributed by atoms with Crippen molar-refractivity contribution in [2.75, 3.05) is 31.9 Å². The zero-order valence-corrected chi connectivity index (χ0v) is 17.7. The first kappa shape index (κ1) is 20.5. The molecule has 1 amide bonds. The van der Waals surface area contributed by atoms with Crippen LogP contribution in [-0.2, 0) is 11.3 Å². The molecule has 0 radical (unpaired) electrons. The van der Waals surface area contributed by atoms with Crippen LogP contribution < -0.4 is 0 Å². The molecule has 0 spiro atoms. The Hall–Kier alpha value is -1.27. The van der Waals surface area contributed by atoms with Gasteiger partial charge in [0.2, 0.25) is 5.91 Å². The molecular formula is C20H23Cl2N3OS. The Balaban J connectivity index is 1.51. The van der Waals surface area contributed by atoms with Gasteiger partial charge in [0.15, 0.2) is 0 Å². The molecule has 2 heterocycles. The van der Waals surface area contributed by atoms with Gasteiger partial charge in [-0.2, -0.15) is 0 Å². The van der Waals surface area contributed by atoms with E-state index >= 15 is 0 Å². The summed E-state index contributed by atoms with van der Waals surface area (Å²) in [5.74, 6) is 0.556. The van der Waals surface area contributed by atoms with E-state index in [0.717, 1.165) is 49.6 Å². The predicted molar refractivity (Wildman–Crippen MR) is 113 cm³/mol. The number of amides is 1. The van der Waals surface area contributed by atoms with Crippen LogP contribution in [0.1, 0.15) is 17.5 Å². The highest BCUT2D eigenvalue weighted by molar-refractivity contribution is 8.00. The Labute approximate surface area is 174 Å². The second-order valence-electron chi connectivity index (χ2n) is 6.69. The zero-order chi connectivity index (χ0) is 19.2. The van der Waals surface area contributed by atoms with Crippen molar-refractivity contribution in [3.63, 3.8) is 0 Å². The average Bonchev–Trinajstić information content (AvgIpc) is 2.90. The first-order valence-electron chi connectivity index (χ1n) is 9.00. The number of halogens is 2. The summed E-state index contributed by atoms with van der Waals surface area (Å²) in [4.78, 5) is 22.0. The van der Waals surface area contributed by atoms with Crippen LogP contribution in [0.3, 0.4) is 0 Å². The van der Waals surface area contributed by atoms with Crippen molar-refractivity contribution in [2.45, 2.75) is 24.8 Å². The number of carbonyl (C=O) groups is 1. The van der Waals surface area contributed by atoms with Crippen LogP contribution in [0.25, 0.3) is 0 Å². The summed E-state index contributed by atoms with van der Waals surface area (Å²) < 4.78 is 0. The number of aromatic nitrogens is 1. The van der Waals surface area contributed by atoms with Crippen LogP contribution in [0, 0.1) is 6.92 Å². The fourth-order valence-electron chi connectivity index (χ4n) is 3.10. The molecule has 27 heavy (non-hydrogen) atoms. The lowest BCUT2D eigenvalue weighted by Gasteiger charge is -2.22. The molecule has 0 bridgehead atoms. The number of benzene rings is 1. The Morgan fingerprint density at radius 1 is 1.11 bits per heavy atom. The molecule has 3 rings (SSSR count). The van der Waals surface area contributed by atoms with Gasteiger partial charge in [0, 0.05) is 55.0 Å². The van der Waals surface area contributed by atoms with Gasteiger partial charge in [-0.1, -0.05) is 23.2 Å². The fourth-order valence-corrected chi connectivity index (χ4v) is 4.56. The predicted octanol–water partition coefficient (Wildman–Crippen LogP) is 4.52. The third kappa shape index (κ3) is 5.85. The van der Waals surface area contributed by atoms with Gasteiger partial charge in [-0.15, -0.1) is 11.8 Å². The van der Waals surface area contributed by atoms with Crippen LogP contribution in [0.4, 0.5) is 0 Å². The molecule has 144 valence electrons. The molecule has 4 nitrogen and oxygen atoms in total. The molecule has 7 heteroatoms. The molecule has 0 unspecified atom stereocenters. The number of aryl methyl sites for hydroxylation is 1. The summed E-state index contributed by atoms with van der Waals surface area (Å²) in [6.45, 7) is 6.30. The van der Waals surface area contributed by atoms with Crippen molar-refractivity contribution in [3.05, 3.63) is 57.8 Å². The summed E-state index contributed by atoms with van der Waals surface area (Å²) in [6, 6.07) is 7.78. The molecule has 1 fully saturated rings. The Morgan fingerprint density at radius 3 is 2.67 bits per heavy atom. The molecule has 0 aliphatic carbocycles. The zero-order valence-electron chi connectivity index (χ0n) is 15.3. The molecule has 0 atom stereocenters. The average molecular weight is 424 g/mol. The maximum absolute atomic E-state index is 12.7. The maximum atomic E-state index is 12.7. The number of hydrogen-bond donors (Lipinski definition) is 0. The molecule has 0 N–H and O–H groups in total. The van der Waals surface area contributed by atoms with E-state index in [4.69, 9.17) is 23.2 Å². The first-order valence-corrected chi connectivity index (χ1v) is 10.7. The van der Waals surface area contributed by atoms with Gasteiger partial charge in [0.1, 0.15) is 0 Å². The van der Waals surface area contributed by atoms with Crippen molar-refractivity contribution >= 4 is 40.9 Å². The summed E-state index contributed by atoms with van der Waals surface area (Å²) in [5, 5.41) is 1.25. The monoisotopic (exact) mass is 423 g/mol.